The maximum absolute atomic E-state index is 13.1. The average Bonchev–Trinajstić information content (AvgIpc) is 3.30. The summed E-state index contributed by atoms with van der Waals surface area (Å²) in [6.07, 6.45) is -4.84. The number of anilines is 3. The molecule has 0 aliphatic rings. The highest BCUT2D eigenvalue weighted by atomic mass is 35.5. The van der Waals surface area contributed by atoms with E-state index in [1.165, 1.54) is 17.0 Å². The third-order valence-electron chi connectivity index (χ3n) is 4.92. The summed E-state index contributed by atoms with van der Waals surface area (Å²) in [6.45, 7) is 0.190. The first-order chi connectivity index (χ1) is 16.8. The Morgan fingerprint density at radius 3 is 2.19 bits per heavy atom. The second-order valence-electron chi connectivity index (χ2n) is 7.55. The normalized spacial score (nSPS) is 12.1. The number of hydrogen-bond donors (Lipinski definition) is 1. The van der Waals surface area contributed by atoms with Crippen LogP contribution in [0.5, 0.6) is 5.75 Å². The Balaban J connectivity index is 1.45. The lowest BCUT2D eigenvalue weighted by molar-refractivity contribution is -0.274. The van der Waals surface area contributed by atoms with E-state index < -0.39 is 34.2 Å². The molecule has 4 rings (SSSR count). The number of halogens is 6. The van der Waals surface area contributed by atoms with Crippen LogP contribution in [0.2, 0.25) is 0 Å². The summed E-state index contributed by atoms with van der Waals surface area (Å²) in [5, 5.41) is 2.41. The number of nitrogens with one attached hydrogen (secondary N) is 1. The zero-order chi connectivity index (χ0) is 26.3. The lowest BCUT2D eigenvalue weighted by atomic mass is 10.1. The first kappa shape index (κ1) is 25.1. The van der Waals surface area contributed by atoms with Gasteiger partial charge in [-0.1, -0.05) is 29.4 Å². The maximum Gasteiger partial charge on any atom is 0.573 e. The van der Waals surface area contributed by atoms with Gasteiger partial charge < -0.3 is 19.5 Å². The quantitative estimate of drug-likeness (QED) is 0.196. The molecule has 4 aromatic rings. The smallest absolute Gasteiger partial charge is 0.406 e. The Labute approximate surface area is 203 Å². The topological polar surface area (TPSA) is 97.6 Å². The highest BCUT2D eigenvalue weighted by Gasteiger charge is 2.35. The summed E-state index contributed by atoms with van der Waals surface area (Å²) in [7, 11) is 1.57. The third kappa shape index (κ3) is 5.46. The van der Waals surface area contributed by atoms with Gasteiger partial charge in [-0.25, -0.2) is 0 Å². The van der Waals surface area contributed by atoms with E-state index >= 15 is 0 Å². The Morgan fingerprint density at radius 1 is 1.00 bits per heavy atom. The number of nitrogens with zero attached hydrogens (tertiary/aromatic N) is 3. The van der Waals surface area contributed by atoms with Crippen molar-refractivity contribution in [1.82, 2.24) is 10.1 Å². The van der Waals surface area contributed by atoms with Crippen LogP contribution < -0.4 is 25.8 Å². The molecule has 0 aliphatic carbocycles. The Bertz CT molecular complexity index is 1440. The predicted octanol–water partition coefficient (Wildman–Crippen LogP) is 4.90. The van der Waals surface area contributed by atoms with Crippen LogP contribution in [0.15, 0.2) is 62.6 Å². The fourth-order valence-electron chi connectivity index (χ4n) is 3.31. The minimum atomic E-state index is -4.84. The fourth-order valence-corrected chi connectivity index (χ4v) is 3.39. The number of benzene rings is 2. The molecular weight excluding hydrogens is 515 g/mol. The first-order valence-corrected chi connectivity index (χ1v) is 10.4. The van der Waals surface area contributed by atoms with Gasteiger partial charge in [0.15, 0.2) is 0 Å². The lowest BCUT2D eigenvalue weighted by Gasteiger charge is -2.24. The van der Waals surface area contributed by atoms with Crippen molar-refractivity contribution >= 4 is 28.7 Å². The summed E-state index contributed by atoms with van der Waals surface area (Å²) >= 11 is 4.86. The molecule has 14 heteroatoms. The molecule has 8 nitrogen and oxygen atoms in total. The summed E-state index contributed by atoms with van der Waals surface area (Å²) in [5.41, 5.74) is -0.0664. The molecule has 0 radical (unpaired) electrons. The highest BCUT2D eigenvalue weighted by Crippen LogP contribution is 2.32. The van der Waals surface area contributed by atoms with Crippen LogP contribution in [0.25, 0.3) is 11.4 Å². The number of hydrogen-bond acceptors (Lipinski definition) is 8. The lowest BCUT2D eigenvalue weighted by Crippen LogP contribution is -2.40. The van der Waals surface area contributed by atoms with Crippen molar-refractivity contribution in [3.05, 3.63) is 80.4 Å². The number of rotatable bonds is 8. The SMILES string of the molecule is CN(Cc1ccc(-c2noc(C(F)(F)Cl)n2)cc1)c1c(Nc2ccc(OC(F)(F)F)cc2)c(=O)c1=O. The molecule has 0 atom stereocenters. The van der Waals surface area contributed by atoms with Gasteiger partial charge in [0.05, 0.1) is 0 Å². The highest BCUT2D eigenvalue weighted by molar-refractivity contribution is 6.21. The van der Waals surface area contributed by atoms with Gasteiger partial charge in [-0.15, -0.1) is 13.2 Å². The molecule has 0 amide bonds. The van der Waals surface area contributed by atoms with Crippen molar-refractivity contribution < 1.29 is 31.2 Å². The van der Waals surface area contributed by atoms with E-state index in [0.717, 1.165) is 12.1 Å². The van der Waals surface area contributed by atoms with Gasteiger partial charge in [-0.2, -0.15) is 13.8 Å². The third-order valence-corrected chi connectivity index (χ3v) is 5.09. The molecule has 1 N–H and O–H groups in total. The van der Waals surface area contributed by atoms with Crippen LogP contribution in [-0.4, -0.2) is 23.6 Å². The molecule has 36 heavy (non-hydrogen) atoms. The van der Waals surface area contributed by atoms with Crippen LogP contribution >= 0.6 is 11.6 Å². The molecule has 1 aromatic heterocycles. The molecule has 0 saturated carbocycles. The maximum atomic E-state index is 13.1. The second-order valence-corrected chi connectivity index (χ2v) is 8.03. The van der Waals surface area contributed by atoms with E-state index in [2.05, 4.69) is 24.7 Å². The average molecular weight is 529 g/mol. The summed E-state index contributed by atoms with van der Waals surface area (Å²) in [6, 6.07) is 11.0. The van der Waals surface area contributed by atoms with Crippen LogP contribution in [-0.2, 0) is 11.9 Å². The van der Waals surface area contributed by atoms with Crippen LogP contribution in [0, 0.1) is 0 Å². The van der Waals surface area contributed by atoms with Gasteiger partial charge in [0.1, 0.15) is 17.1 Å². The standard InChI is InChI=1S/C22H14ClF5N4O4/c1-32(10-11-2-4-12(5-3-11)19-30-20(36-31-19)21(23,24)25)16-15(17(33)18(16)34)29-13-6-8-14(9-7-13)35-22(26,27)28/h2-9,29H,10H2,1H3. The summed E-state index contributed by atoms with van der Waals surface area (Å²) < 4.78 is 71.3. The Morgan fingerprint density at radius 2 is 1.64 bits per heavy atom. The zero-order valence-electron chi connectivity index (χ0n) is 18.1. The van der Waals surface area contributed by atoms with E-state index in [0.29, 0.717) is 11.1 Å². The molecule has 0 spiro atoms. The van der Waals surface area contributed by atoms with E-state index in [4.69, 9.17) is 11.6 Å². The van der Waals surface area contributed by atoms with E-state index in [1.54, 1.807) is 31.3 Å². The fraction of sp³-hybridized carbons (Fsp3) is 0.182. The number of ether oxygens (including phenoxy) is 1. The van der Waals surface area contributed by atoms with Crippen molar-refractivity contribution in [3.63, 3.8) is 0 Å². The van der Waals surface area contributed by atoms with Gasteiger partial charge in [0, 0.05) is 24.8 Å². The molecule has 188 valence electrons. The van der Waals surface area contributed by atoms with Crippen molar-refractivity contribution in [3.8, 4) is 17.1 Å². The predicted molar refractivity (Wildman–Crippen MR) is 119 cm³/mol. The van der Waals surface area contributed by atoms with Gasteiger partial charge in [0.25, 0.3) is 10.9 Å². The molecule has 0 fully saturated rings. The molecule has 3 aromatic carbocycles. The molecule has 0 bridgehead atoms. The van der Waals surface area contributed by atoms with E-state index in [-0.39, 0.29) is 29.4 Å². The van der Waals surface area contributed by atoms with E-state index in [9.17, 15) is 31.5 Å². The monoisotopic (exact) mass is 528 g/mol. The minimum absolute atomic E-state index is 0.00932. The largest absolute Gasteiger partial charge is 0.573 e. The molecule has 1 heterocycles. The zero-order valence-corrected chi connectivity index (χ0v) is 18.8. The second kappa shape index (κ2) is 9.22. The number of aromatic nitrogens is 2. The molecular formula is C22H14ClF5N4O4. The summed E-state index contributed by atoms with van der Waals surface area (Å²) in [4.78, 5) is 29.4. The molecule has 0 aliphatic heterocycles. The van der Waals surface area contributed by atoms with Crippen molar-refractivity contribution in [1.29, 1.82) is 0 Å². The van der Waals surface area contributed by atoms with Crippen molar-refractivity contribution in [2.45, 2.75) is 18.3 Å². The van der Waals surface area contributed by atoms with Gasteiger partial charge in [-0.05, 0) is 41.4 Å². The van der Waals surface area contributed by atoms with Crippen molar-refractivity contribution in [2.24, 2.45) is 0 Å². The van der Waals surface area contributed by atoms with Crippen LogP contribution in [0.3, 0.4) is 0 Å². The van der Waals surface area contributed by atoms with Crippen LogP contribution in [0.4, 0.5) is 39.0 Å². The minimum Gasteiger partial charge on any atom is -0.406 e. The van der Waals surface area contributed by atoms with E-state index in [1.807, 2.05) is 0 Å². The Hall–Kier alpha value is -4.00. The molecule has 0 saturated heterocycles. The van der Waals surface area contributed by atoms with Gasteiger partial charge >= 0.3 is 17.6 Å². The van der Waals surface area contributed by atoms with Gasteiger partial charge in [0.2, 0.25) is 5.82 Å². The first-order valence-electron chi connectivity index (χ1n) is 9.99. The van der Waals surface area contributed by atoms with Crippen molar-refractivity contribution in [2.75, 3.05) is 17.3 Å². The molecule has 0 unspecified atom stereocenters. The Kier molecular flexibility index (Phi) is 6.43. The number of alkyl halides is 6. The van der Waals surface area contributed by atoms with Crippen LogP contribution in [0.1, 0.15) is 11.5 Å². The van der Waals surface area contributed by atoms with Gasteiger partial charge in [-0.3, -0.25) is 9.59 Å². The summed E-state index contributed by atoms with van der Waals surface area (Å²) in [5.74, 6) is -1.57.